The van der Waals surface area contributed by atoms with Crippen LogP contribution in [0.1, 0.15) is 11.5 Å². The van der Waals surface area contributed by atoms with Gasteiger partial charge in [-0.05, 0) is 31.2 Å². The van der Waals surface area contributed by atoms with Gasteiger partial charge < -0.3 is 9.26 Å². The Morgan fingerprint density at radius 3 is 2.76 bits per heavy atom. The van der Waals surface area contributed by atoms with Gasteiger partial charge in [0.05, 0.1) is 18.6 Å². The van der Waals surface area contributed by atoms with Crippen LogP contribution in [0.25, 0.3) is 5.69 Å². The lowest BCUT2D eigenvalue weighted by atomic mass is 10.3. The average molecular weight is 301 g/mol. The van der Waals surface area contributed by atoms with E-state index in [9.17, 15) is 0 Å². The van der Waals surface area contributed by atoms with Gasteiger partial charge in [0, 0.05) is 24.1 Å². The van der Waals surface area contributed by atoms with Gasteiger partial charge in [-0.25, -0.2) is 4.98 Å². The highest BCUT2D eigenvalue weighted by Crippen LogP contribution is 2.25. The van der Waals surface area contributed by atoms with E-state index in [0.717, 1.165) is 28.0 Å². The van der Waals surface area contributed by atoms with E-state index in [1.54, 1.807) is 25.1 Å². The zero-order valence-electron chi connectivity index (χ0n) is 11.8. The molecule has 0 aliphatic heterocycles. The summed E-state index contributed by atoms with van der Waals surface area (Å²) in [5, 5.41) is 4.80. The van der Waals surface area contributed by atoms with Crippen LogP contribution in [0.4, 0.5) is 0 Å². The number of aryl methyl sites for hydroxylation is 1. The quantitative estimate of drug-likeness (QED) is 0.675. The molecule has 0 N–H and O–H groups in total. The molecule has 108 valence electrons. The van der Waals surface area contributed by atoms with Gasteiger partial charge in [-0.2, -0.15) is 0 Å². The molecule has 2 heterocycles. The fourth-order valence-corrected chi connectivity index (χ4v) is 2.80. The molecule has 0 saturated carbocycles. The van der Waals surface area contributed by atoms with Crippen molar-refractivity contribution in [3.05, 3.63) is 54.2 Å². The predicted molar refractivity (Wildman–Crippen MR) is 80.9 cm³/mol. The van der Waals surface area contributed by atoms with E-state index in [1.807, 2.05) is 48.0 Å². The van der Waals surface area contributed by atoms with Crippen LogP contribution in [0.3, 0.4) is 0 Å². The summed E-state index contributed by atoms with van der Waals surface area (Å²) in [6.07, 6.45) is 3.73. The molecule has 0 spiro atoms. The molecule has 1 aromatic carbocycles. The number of thioether (sulfide) groups is 1. The molecule has 0 bridgehead atoms. The molecule has 0 atom stereocenters. The summed E-state index contributed by atoms with van der Waals surface area (Å²) in [5.74, 6) is 2.39. The van der Waals surface area contributed by atoms with Gasteiger partial charge >= 0.3 is 0 Å². The lowest BCUT2D eigenvalue weighted by molar-refractivity contribution is 0.391. The van der Waals surface area contributed by atoms with E-state index in [0.29, 0.717) is 5.75 Å². The molecule has 6 heteroatoms. The highest BCUT2D eigenvalue weighted by molar-refractivity contribution is 7.98. The van der Waals surface area contributed by atoms with E-state index >= 15 is 0 Å². The number of hydrogen-bond donors (Lipinski definition) is 0. The first-order valence-corrected chi connectivity index (χ1v) is 7.47. The van der Waals surface area contributed by atoms with E-state index in [-0.39, 0.29) is 0 Å². The molecular weight excluding hydrogens is 286 g/mol. The molecule has 5 nitrogen and oxygen atoms in total. The Labute approximate surface area is 126 Å². The summed E-state index contributed by atoms with van der Waals surface area (Å²) in [6, 6.07) is 9.81. The van der Waals surface area contributed by atoms with Gasteiger partial charge in [0.2, 0.25) is 0 Å². The normalized spacial score (nSPS) is 10.8. The maximum absolute atomic E-state index is 5.21. The Morgan fingerprint density at radius 2 is 2.10 bits per heavy atom. The molecule has 3 rings (SSSR count). The van der Waals surface area contributed by atoms with Crippen molar-refractivity contribution >= 4 is 11.8 Å². The predicted octanol–water partition coefficient (Wildman–Crippen LogP) is 3.47. The number of benzene rings is 1. The van der Waals surface area contributed by atoms with Crippen LogP contribution >= 0.6 is 11.8 Å². The Balaban J connectivity index is 1.76. The second-order valence-electron chi connectivity index (χ2n) is 4.50. The number of ether oxygens (including phenoxy) is 1. The van der Waals surface area contributed by atoms with Gasteiger partial charge in [0.1, 0.15) is 11.5 Å². The van der Waals surface area contributed by atoms with Crippen LogP contribution in [0.2, 0.25) is 0 Å². The lowest BCUT2D eigenvalue weighted by Crippen LogP contribution is -1.95. The highest BCUT2D eigenvalue weighted by atomic mass is 32.2. The molecular formula is C15H15N3O2S. The lowest BCUT2D eigenvalue weighted by Gasteiger charge is -2.07. The molecule has 0 aliphatic rings. The molecule has 0 saturated heterocycles. The zero-order chi connectivity index (χ0) is 14.7. The van der Waals surface area contributed by atoms with Crippen molar-refractivity contribution in [1.82, 2.24) is 14.7 Å². The van der Waals surface area contributed by atoms with Crippen LogP contribution in [0.15, 0.2) is 52.4 Å². The van der Waals surface area contributed by atoms with Crippen LogP contribution in [-0.2, 0) is 5.75 Å². The maximum atomic E-state index is 5.21. The summed E-state index contributed by atoms with van der Waals surface area (Å²) in [4.78, 5) is 4.39. The molecule has 21 heavy (non-hydrogen) atoms. The second-order valence-corrected chi connectivity index (χ2v) is 5.44. The largest absolute Gasteiger partial charge is 0.497 e. The molecule has 0 fully saturated rings. The molecule has 0 unspecified atom stereocenters. The zero-order valence-corrected chi connectivity index (χ0v) is 12.6. The first kappa shape index (κ1) is 13.8. The third kappa shape index (κ3) is 3.11. The van der Waals surface area contributed by atoms with E-state index in [1.165, 1.54) is 0 Å². The fraction of sp³-hybridized carbons (Fsp3) is 0.200. The van der Waals surface area contributed by atoms with Crippen molar-refractivity contribution in [2.45, 2.75) is 17.8 Å². The minimum atomic E-state index is 0.702. The van der Waals surface area contributed by atoms with Crippen molar-refractivity contribution in [3.8, 4) is 11.4 Å². The third-order valence-electron chi connectivity index (χ3n) is 2.98. The van der Waals surface area contributed by atoms with Gasteiger partial charge in [-0.3, -0.25) is 4.57 Å². The summed E-state index contributed by atoms with van der Waals surface area (Å²) in [5.41, 5.74) is 1.94. The fourth-order valence-electron chi connectivity index (χ4n) is 1.96. The Morgan fingerprint density at radius 1 is 1.29 bits per heavy atom. The minimum absolute atomic E-state index is 0.702. The standard InChI is InChI=1S/C15H15N3O2S/c1-11-9-14(20-17-11)10-21-15-16-7-8-18(15)12-3-5-13(19-2)6-4-12/h3-9H,10H2,1-2H3. The highest BCUT2D eigenvalue weighted by Gasteiger charge is 2.08. The number of methoxy groups -OCH3 is 1. The maximum Gasteiger partial charge on any atom is 0.173 e. The van der Waals surface area contributed by atoms with Crippen LogP contribution < -0.4 is 4.74 Å². The summed E-state index contributed by atoms with van der Waals surface area (Å²) < 4.78 is 12.4. The smallest absolute Gasteiger partial charge is 0.173 e. The van der Waals surface area contributed by atoms with E-state index in [2.05, 4.69) is 10.1 Å². The van der Waals surface area contributed by atoms with Crippen molar-refractivity contribution in [3.63, 3.8) is 0 Å². The number of rotatable bonds is 5. The van der Waals surface area contributed by atoms with Crippen molar-refractivity contribution in [2.24, 2.45) is 0 Å². The van der Waals surface area contributed by atoms with Crippen LogP contribution in [-0.4, -0.2) is 21.8 Å². The van der Waals surface area contributed by atoms with Crippen LogP contribution in [0.5, 0.6) is 5.75 Å². The number of nitrogens with zero attached hydrogens (tertiary/aromatic N) is 3. The molecule has 0 amide bonds. The van der Waals surface area contributed by atoms with Crippen molar-refractivity contribution < 1.29 is 9.26 Å². The summed E-state index contributed by atoms with van der Waals surface area (Å²) >= 11 is 1.61. The molecule has 0 aliphatic carbocycles. The van der Waals surface area contributed by atoms with Crippen molar-refractivity contribution in [1.29, 1.82) is 0 Å². The Hall–Kier alpha value is -2.21. The molecule has 0 radical (unpaired) electrons. The number of aromatic nitrogens is 3. The second kappa shape index (κ2) is 6.05. The van der Waals surface area contributed by atoms with Gasteiger partial charge in [0.15, 0.2) is 5.16 Å². The first-order valence-electron chi connectivity index (χ1n) is 6.49. The number of imidazole rings is 1. The molecule has 3 aromatic rings. The van der Waals surface area contributed by atoms with E-state index < -0.39 is 0 Å². The number of hydrogen-bond acceptors (Lipinski definition) is 5. The van der Waals surface area contributed by atoms with Crippen LogP contribution in [0, 0.1) is 6.92 Å². The minimum Gasteiger partial charge on any atom is -0.497 e. The van der Waals surface area contributed by atoms with E-state index in [4.69, 9.17) is 9.26 Å². The van der Waals surface area contributed by atoms with Crippen molar-refractivity contribution in [2.75, 3.05) is 7.11 Å². The third-order valence-corrected chi connectivity index (χ3v) is 3.97. The topological polar surface area (TPSA) is 53.1 Å². The SMILES string of the molecule is COc1ccc(-n2ccnc2SCc2cc(C)no2)cc1. The van der Waals surface area contributed by atoms with Gasteiger partial charge in [-0.15, -0.1) is 0 Å². The monoisotopic (exact) mass is 301 g/mol. The molecule has 2 aromatic heterocycles. The Bertz CT molecular complexity index is 719. The Kier molecular flexibility index (Phi) is 3.96. The first-order chi connectivity index (χ1) is 10.3. The summed E-state index contributed by atoms with van der Waals surface area (Å²) in [7, 11) is 1.66. The van der Waals surface area contributed by atoms with Gasteiger partial charge in [0.25, 0.3) is 0 Å². The average Bonchev–Trinajstić information content (AvgIpc) is 3.14. The van der Waals surface area contributed by atoms with Gasteiger partial charge in [-0.1, -0.05) is 16.9 Å². The summed E-state index contributed by atoms with van der Waals surface area (Å²) in [6.45, 7) is 1.91.